The van der Waals surface area contributed by atoms with Crippen LogP contribution in [0.15, 0.2) is 36.4 Å². The third-order valence-electron chi connectivity index (χ3n) is 5.87. The summed E-state index contributed by atoms with van der Waals surface area (Å²) in [5.74, 6) is -0.319. The van der Waals surface area contributed by atoms with Crippen molar-refractivity contribution in [2.24, 2.45) is 5.92 Å². The molecule has 1 atom stereocenters. The lowest BCUT2D eigenvalue weighted by Crippen LogP contribution is -2.49. The second-order valence-electron chi connectivity index (χ2n) is 8.21. The van der Waals surface area contributed by atoms with E-state index >= 15 is 0 Å². The van der Waals surface area contributed by atoms with Gasteiger partial charge in [0, 0.05) is 32.7 Å². The van der Waals surface area contributed by atoms with E-state index in [1.165, 1.54) is 29.2 Å². The molecule has 0 bridgehead atoms. The summed E-state index contributed by atoms with van der Waals surface area (Å²) >= 11 is 0. The molecule has 4 rings (SSSR count). The number of carbonyl (C=O) groups excluding carboxylic acids is 2. The van der Waals surface area contributed by atoms with Gasteiger partial charge in [0.2, 0.25) is 0 Å². The molecule has 2 fully saturated rings. The van der Waals surface area contributed by atoms with Crippen LogP contribution >= 0.6 is 0 Å². The highest BCUT2D eigenvalue weighted by Gasteiger charge is 2.36. The normalized spacial score (nSPS) is 17.6. The Balaban J connectivity index is 1.32. The number of piperazine rings is 1. The minimum absolute atomic E-state index is 0.124. The summed E-state index contributed by atoms with van der Waals surface area (Å²) in [5.41, 5.74) is -1.18. The summed E-state index contributed by atoms with van der Waals surface area (Å²) in [7, 11) is 0. The van der Waals surface area contributed by atoms with Crippen molar-refractivity contribution in [1.29, 1.82) is 0 Å². The number of hydrogen-bond acceptors (Lipinski definition) is 6. The molecule has 11 heteroatoms. The molecular formula is C22H24F3N5O3. The number of carbonyl (C=O) groups is 2. The third kappa shape index (κ3) is 5.41. The fourth-order valence-electron chi connectivity index (χ4n) is 3.78. The number of benzene rings is 1. The molecule has 1 unspecified atom stereocenters. The summed E-state index contributed by atoms with van der Waals surface area (Å²) in [6.45, 7) is 1.36. The van der Waals surface area contributed by atoms with Crippen molar-refractivity contribution in [2.75, 3.05) is 37.6 Å². The van der Waals surface area contributed by atoms with Gasteiger partial charge in [-0.3, -0.25) is 9.59 Å². The van der Waals surface area contributed by atoms with Gasteiger partial charge in [-0.25, -0.2) is 0 Å². The number of alkyl halides is 3. The molecule has 176 valence electrons. The van der Waals surface area contributed by atoms with Crippen LogP contribution in [-0.4, -0.2) is 70.8 Å². The summed E-state index contributed by atoms with van der Waals surface area (Å²) in [6, 6.07) is 7.93. The van der Waals surface area contributed by atoms with Gasteiger partial charge in [-0.15, -0.1) is 10.2 Å². The number of nitrogens with one attached hydrogen (secondary N) is 1. The first-order valence-electron chi connectivity index (χ1n) is 10.7. The van der Waals surface area contributed by atoms with Crippen molar-refractivity contribution in [3.05, 3.63) is 53.2 Å². The summed E-state index contributed by atoms with van der Waals surface area (Å²) < 4.78 is 39.7. The Hall–Kier alpha value is -3.21. The zero-order valence-electron chi connectivity index (χ0n) is 17.8. The molecule has 1 aliphatic heterocycles. The van der Waals surface area contributed by atoms with Gasteiger partial charge in [-0.1, -0.05) is 12.1 Å². The Morgan fingerprint density at radius 2 is 1.76 bits per heavy atom. The van der Waals surface area contributed by atoms with Gasteiger partial charge in [0.05, 0.1) is 17.2 Å². The molecule has 1 aromatic carbocycles. The molecule has 0 radical (unpaired) electrons. The SMILES string of the molecule is O=C(NCC(O)C1CC1)c1ccc(N2CCN(C(=O)c3ccccc3C(F)(F)F)CC2)nn1. The lowest BCUT2D eigenvalue weighted by molar-refractivity contribution is -0.138. The summed E-state index contributed by atoms with van der Waals surface area (Å²) in [6.07, 6.45) is -3.21. The van der Waals surface area contributed by atoms with E-state index in [1.807, 2.05) is 4.90 Å². The van der Waals surface area contributed by atoms with Crippen LogP contribution in [0.1, 0.15) is 39.3 Å². The van der Waals surface area contributed by atoms with Crippen LogP contribution in [0.25, 0.3) is 0 Å². The first-order valence-corrected chi connectivity index (χ1v) is 10.7. The number of nitrogens with zero attached hydrogens (tertiary/aromatic N) is 4. The topological polar surface area (TPSA) is 98.7 Å². The van der Waals surface area contributed by atoms with Crippen LogP contribution in [0.3, 0.4) is 0 Å². The fraction of sp³-hybridized carbons (Fsp3) is 0.455. The van der Waals surface area contributed by atoms with E-state index in [2.05, 4.69) is 15.5 Å². The van der Waals surface area contributed by atoms with E-state index in [1.54, 1.807) is 6.07 Å². The van der Waals surface area contributed by atoms with Crippen molar-refractivity contribution in [2.45, 2.75) is 25.1 Å². The smallest absolute Gasteiger partial charge is 0.391 e. The van der Waals surface area contributed by atoms with E-state index in [-0.39, 0.29) is 36.8 Å². The number of aliphatic hydroxyl groups is 1. The zero-order chi connectivity index (χ0) is 23.6. The number of halogens is 3. The largest absolute Gasteiger partial charge is 0.417 e. The number of anilines is 1. The van der Waals surface area contributed by atoms with Gasteiger partial charge in [-0.05, 0) is 43.0 Å². The van der Waals surface area contributed by atoms with Gasteiger partial charge < -0.3 is 20.2 Å². The quantitative estimate of drug-likeness (QED) is 0.680. The molecule has 1 saturated heterocycles. The van der Waals surface area contributed by atoms with E-state index in [0.29, 0.717) is 18.9 Å². The monoisotopic (exact) mass is 463 g/mol. The Morgan fingerprint density at radius 3 is 2.36 bits per heavy atom. The van der Waals surface area contributed by atoms with Gasteiger partial charge in [-0.2, -0.15) is 13.2 Å². The van der Waals surface area contributed by atoms with Gasteiger partial charge in [0.15, 0.2) is 11.5 Å². The highest BCUT2D eigenvalue weighted by molar-refractivity contribution is 5.96. The molecule has 2 aromatic rings. The first kappa shape index (κ1) is 23.0. The lowest BCUT2D eigenvalue weighted by Gasteiger charge is -2.35. The van der Waals surface area contributed by atoms with Crippen molar-refractivity contribution >= 4 is 17.6 Å². The summed E-state index contributed by atoms with van der Waals surface area (Å²) in [5, 5.41) is 20.5. The van der Waals surface area contributed by atoms with Crippen LogP contribution in [0.4, 0.5) is 19.0 Å². The maximum Gasteiger partial charge on any atom is 0.417 e. The van der Waals surface area contributed by atoms with Crippen LogP contribution < -0.4 is 10.2 Å². The predicted molar refractivity (Wildman–Crippen MR) is 113 cm³/mol. The Labute approximate surface area is 188 Å². The second-order valence-corrected chi connectivity index (χ2v) is 8.21. The second kappa shape index (κ2) is 9.34. The molecule has 1 saturated carbocycles. The maximum absolute atomic E-state index is 13.2. The average Bonchev–Trinajstić information content (AvgIpc) is 3.67. The van der Waals surface area contributed by atoms with Crippen LogP contribution in [0, 0.1) is 5.92 Å². The Bertz CT molecular complexity index is 1000. The molecule has 33 heavy (non-hydrogen) atoms. The van der Waals surface area contributed by atoms with Crippen LogP contribution in [0.5, 0.6) is 0 Å². The molecule has 2 heterocycles. The minimum Gasteiger partial charge on any atom is -0.391 e. The molecular weight excluding hydrogens is 439 g/mol. The zero-order valence-corrected chi connectivity index (χ0v) is 17.8. The number of hydrogen-bond donors (Lipinski definition) is 2. The minimum atomic E-state index is -4.60. The van der Waals surface area contributed by atoms with Crippen molar-refractivity contribution in [1.82, 2.24) is 20.4 Å². The number of aliphatic hydroxyl groups excluding tert-OH is 1. The number of rotatable bonds is 6. The fourth-order valence-corrected chi connectivity index (χ4v) is 3.78. The van der Waals surface area contributed by atoms with Crippen molar-refractivity contribution in [3.63, 3.8) is 0 Å². The Kier molecular flexibility index (Phi) is 6.50. The standard InChI is InChI=1S/C22H24F3N5O3/c23-22(24,25)16-4-2-1-3-15(16)21(33)30-11-9-29(10-12-30)19-8-7-17(27-28-19)20(32)26-13-18(31)14-5-6-14/h1-4,7-8,14,18,31H,5-6,9-13H2,(H,26,32). The Morgan fingerprint density at radius 1 is 1.06 bits per heavy atom. The van der Waals surface area contributed by atoms with Crippen molar-refractivity contribution < 1.29 is 27.9 Å². The summed E-state index contributed by atoms with van der Waals surface area (Å²) in [4.78, 5) is 28.1. The van der Waals surface area contributed by atoms with E-state index in [0.717, 1.165) is 18.9 Å². The van der Waals surface area contributed by atoms with E-state index in [4.69, 9.17) is 0 Å². The molecule has 0 spiro atoms. The molecule has 1 aromatic heterocycles. The van der Waals surface area contributed by atoms with E-state index in [9.17, 15) is 27.9 Å². The molecule has 2 amide bonds. The van der Waals surface area contributed by atoms with Crippen molar-refractivity contribution in [3.8, 4) is 0 Å². The first-order chi connectivity index (χ1) is 15.7. The third-order valence-corrected chi connectivity index (χ3v) is 5.87. The molecule has 1 aliphatic carbocycles. The molecule has 8 nitrogen and oxygen atoms in total. The van der Waals surface area contributed by atoms with Crippen LogP contribution in [-0.2, 0) is 6.18 Å². The van der Waals surface area contributed by atoms with Gasteiger partial charge >= 0.3 is 6.18 Å². The lowest BCUT2D eigenvalue weighted by atomic mass is 10.1. The predicted octanol–water partition coefficient (Wildman–Crippen LogP) is 1.96. The van der Waals surface area contributed by atoms with Gasteiger partial charge in [0.25, 0.3) is 11.8 Å². The highest BCUT2D eigenvalue weighted by atomic mass is 19.4. The van der Waals surface area contributed by atoms with Crippen LogP contribution in [0.2, 0.25) is 0 Å². The average molecular weight is 463 g/mol. The number of amides is 2. The van der Waals surface area contributed by atoms with E-state index < -0.39 is 29.7 Å². The highest BCUT2D eigenvalue weighted by Crippen LogP contribution is 2.33. The maximum atomic E-state index is 13.2. The number of aromatic nitrogens is 2. The molecule has 2 N–H and O–H groups in total. The molecule has 2 aliphatic rings. The van der Waals surface area contributed by atoms with Gasteiger partial charge in [0.1, 0.15) is 0 Å².